The molecule has 1 aromatic heterocycles. The topological polar surface area (TPSA) is 74.0 Å². The number of hydrogen-bond acceptors (Lipinski definition) is 2. The van der Waals surface area contributed by atoms with Crippen molar-refractivity contribution >= 4 is 22.7 Å². The second-order valence-corrected chi connectivity index (χ2v) is 9.41. The van der Waals surface area contributed by atoms with Gasteiger partial charge in [-0.15, -0.1) is 0 Å². The van der Waals surface area contributed by atoms with Crippen LogP contribution in [0.2, 0.25) is 0 Å². The summed E-state index contributed by atoms with van der Waals surface area (Å²) in [5.74, 6) is -1.90. The SMILES string of the molecule is CC1(C(=O)N[C@H]2C[C@H](c3c(-c4ccc(F)cc4)[nH]c4c(F)cc(F)cc43)C2)CCC(=O)NC1. The second-order valence-electron chi connectivity index (χ2n) is 9.41. The van der Waals surface area contributed by atoms with E-state index in [4.69, 9.17) is 0 Å². The minimum absolute atomic E-state index is 0.0239. The van der Waals surface area contributed by atoms with Crippen molar-refractivity contribution in [3.05, 3.63) is 59.4 Å². The standard InChI is InChI=1S/C25H24F3N3O2/c1-25(7-6-20(32)29-12-25)24(33)30-17-8-14(9-17)21-18-10-16(27)11-19(28)23(18)31-22(21)13-2-4-15(26)5-3-13/h2-5,10-11,14,17,31H,6-9,12H2,1H3,(H,29,32)(H,30,33)/t14-,17-,25?. The van der Waals surface area contributed by atoms with E-state index < -0.39 is 17.0 Å². The summed E-state index contributed by atoms with van der Waals surface area (Å²) in [7, 11) is 0. The third-order valence-corrected chi connectivity index (χ3v) is 7.01. The van der Waals surface area contributed by atoms with Gasteiger partial charge in [0.25, 0.3) is 0 Å². The molecule has 33 heavy (non-hydrogen) atoms. The van der Waals surface area contributed by atoms with Gasteiger partial charge in [-0.1, -0.05) is 0 Å². The molecule has 5 nitrogen and oxygen atoms in total. The molecule has 2 heterocycles. The maximum absolute atomic E-state index is 14.5. The van der Waals surface area contributed by atoms with Crippen molar-refractivity contribution in [2.75, 3.05) is 6.54 Å². The van der Waals surface area contributed by atoms with Crippen LogP contribution in [0.5, 0.6) is 0 Å². The Morgan fingerprint density at radius 3 is 2.48 bits per heavy atom. The van der Waals surface area contributed by atoms with Gasteiger partial charge in [0.2, 0.25) is 11.8 Å². The number of piperidine rings is 1. The summed E-state index contributed by atoms with van der Waals surface area (Å²) in [6.45, 7) is 2.15. The van der Waals surface area contributed by atoms with E-state index in [0.29, 0.717) is 48.9 Å². The van der Waals surface area contributed by atoms with Crippen LogP contribution < -0.4 is 10.6 Å². The number of nitrogens with one attached hydrogen (secondary N) is 3. The van der Waals surface area contributed by atoms with Crippen molar-refractivity contribution < 1.29 is 22.8 Å². The number of aromatic amines is 1. The van der Waals surface area contributed by atoms with E-state index in [1.807, 2.05) is 6.92 Å². The number of benzene rings is 2. The van der Waals surface area contributed by atoms with Crippen molar-refractivity contribution in [3.63, 3.8) is 0 Å². The molecule has 1 aliphatic carbocycles. The van der Waals surface area contributed by atoms with Crippen molar-refractivity contribution in [3.8, 4) is 11.3 Å². The number of aromatic nitrogens is 1. The lowest BCUT2D eigenvalue weighted by molar-refractivity contribution is -0.135. The summed E-state index contributed by atoms with van der Waals surface area (Å²) in [6, 6.07) is 7.95. The van der Waals surface area contributed by atoms with Crippen LogP contribution in [0.25, 0.3) is 22.2 Å². The summed E-state index contributed by atoms with van der Waals surface area (Å²) in [6.07, 6.45) is 2.06. The molecule has 8 heteroatoms. The fraction of sp³-hybridized carbons (Fsp3) is 0.360. The van der Waals surface area contributed by atoms with E-state index in [-0.39, 0.29) is 35.1 Å². The maximum atomic E-state index is 14.5. The summed E-state index contributed by atoms with van der Waals surface area (Å²) in [4.78, 5) is 27.4. The largest absolute Gasteiger partial charge is 0.355 e. The summed E-state index contributed by atoms with van der Waals surface area (Å²) in [5.41, 5.74) is 1.65. The number of carbonyl (C=O) groups is 2. The third-order valence-electron chi connectivity index (χ3n) is 7.01. The molecule has 3 aromatic rings. The summed E-state index contributed by atoms with van der Waals surface area (Å²) >= 11 is 0. The number of halogens is 3. The number of fused-ring (bicyclic) bond motifs is 1. The average Bonchev–Trinajstić information content (AvgIpc) is 3.12. The molecule has 3 N–H and O–H groups in total. The molecule has 0 bridgehead atoms. The fourth-order valence-corrected chi connectivity index (χ4v) is 4.89. The van der Waals surface area contributed by atoms with Gasteiger partial charge in [-0.2, -0.15) is 0 Å². The number of hydrogen-bond donors (Lipinski definition) is 3. The highest BCUT2D eigenvalue weighted by Gasteiger charge is 2.41. The Balaban J connectivity index is 1.40. The normalized spacial score (nSPS) is 24.9. The highest BCUT2D eigenvalue weighted by Crippen LogP contribution is 2.46. The first-order chi connectivity index (χ1) is 15.7. The average molecular weight is 455 g/mol. The van der Waals surface area contributed by atoms with Crippen LogP contribution in [0.3, 0.4) is 0 Å². The first kappa shape index (κ1) is 21.6. The lowest BCUT2D eigenvalue weighted by Crippen LogP contribution is -2.54. The minimum atomic E-state index is -0.684. The molecular formula is C25H24F3N3O2. The molecular weight excluding hydrogens is 431 g/mol. The Labute approximate surface area is 188 Å². The zero-order valence-electron chi connectivity index (χ0n) is 18.1. The first-order valence-electron chi connectivity index (χ1n) is 11.1. The molecule has 0 radical (unpaired) electrons. The lowest BCUT2D eigenvalue weighted by Gasteiger charge is -2.40. The van der Waals surface area contributed by atoms with Crippen molar-refractivity contribution in [1.82, 2.24) is 15.6 Å². The van der Waals surface area contributed by atoms with E-state index in [1.54, 1.807) is 12.1 Å². The van der Waals surface area contributed by atoms with E-state index in [9.17, 15) is 22.8 Å². The van der Waals surface area contributed by atoms with Crippen LogP contribution in [0.1, 0.15) is 44.1 Å². The monoisotopic (exact) mass is 455 g/mol. The quantitative estimate of drug-likeness (QED) is 0.541. The Bertz CT molecular complexity index is 1240. The van der Waals surface area contributed by atoms with E-state index >= 15 is 0 Å². The van der Waals surface area contributed by atoms with Gasteiger partial charge in [0.1, 0.15) is 17.5 Å². The summed E-state index contributed by atoms with van der Waals surface area (Å²) < 4.78 is 42.0. The van der Waals surface area contributed by atoms with Gasteiger partial charge in [-0.3, -0.25) is 9.59 Å². The van der Waals surface area contributed by atoms with Gasteiger partial charge in [-0.05, 0) is 73.6 Å². The van der Waals surface area contributed by atoms with Crippen LogP contribution in [-0.4, -0.2) is 29.4 Å². The van der Waals surface area contributed by atoms with E-state index in [0.717, 1.165) is 11.6 Å². The molecule has 2 aliphatic rings. The Hall–Kier alpha value is -3.29. The Morgan fingerprint density at radius 2 is 1.82 bits per heavy atom. The third kappa shape index (κ3) is 3.87. The Morgan fingerprint density at radius 1 is 1.09 bits per heavy atom. The molecule has 2 fully saturated rings. The molecule has 172 valence electrons. The van der Waals surface area contributed by atoms with Crippen molar-refractivity contribution in [1.29, 1.82) is 0 Å². The van der Waals surface area contributed by atoms with Gasteiger partial charge in [0, 0.05) is 30.5 Å². The van der Waals surface area contributed by atoms with Crippen LogP contribution >= 0.6 is 0 Å². The maximum Gasteiger partial charge on any atom is 0.227 e. The molecule has 1 aliphatic heterocycles. The van der Waals surface area contributed by atoms with E-state index in [1.165, 1.54) is 18.2 Å². The Kier molecular flexibility index (Phi) is 5.18. The predicted molar refractivity (Wildman–Crippen MR) is 118 cm³/mol. The molecule has 1 saturated carbocycles. The fourth-order valence-electron chi connectivity index (χ4n) is 4.89. The number of H-pyrrole nitrogens is 1. The van der Waals surface area contributed by atoms with Crippen LogP contribution in [0, 0.1) is 22.9 Å². The van der Waals surface area contributed by atoms with Crippen LogP contribution in [0.15, 0.2) is 36.4 Å². The molecule has 2 aromatic carbocycles. The second kappa shape index (κ2) is 7.93. The van der Waals surface area contributed by atoms with Crippen molar-refractivity contribution in [2.24, 2.45) is 5.41 Å². The van der Waals surface area contributed by atoms with Gasteiger partial charge in [-0.25, -0.2) is 13.2 Å². The minimum Gasteiger partial charge on any atom is -0.355 e. The van der Waals surface area contributed by atoms with Gasteiger partial charge in [0.15, 0.2) is 0 Å². The van der Waals surface area contributed by atoms with Gasteiger partial charge >= 0.3 is 0 Å². The number of amides is 2. The molecule has 5 rings (SSSR count). The highest BCUT2D eigenvalue weighted by atomic mass is 19.1. The smallest absolute Gasteiger partial charge is 0.227 e. The molecule has 1 saturated heterocycles. The number of carbonyl (C=O) groups excluding carboxylic acids is 2. The highest BCUT2D eigenvalue weighted by molar-refractivity contribution is 5.92. The van der Waals surface area contributed by atoms with Crippen LogP contribution in [0.4, 0.5) is 13.2 Å². The molecule has 0 spiro atoms. The zero-order valence-corrected chi connectivity index (χ0v) is 18.1. The van der Waals surface area contributed by atoms with Crippen molar-refractivity contribution in [2.45, 2.75) is 44.6 Å². The van der Waals surface area contributed by atoms with Crippen LogP contribution in [-0.2, 0) is 9.59 Å². The molecule has 1 unspecified atom stereocenters. The van der Waals surface area contributed by atoms with E-state index in [2.05, 4.69) is 15.6 Å². The summed E-state index contributed by atoms with van der Waals surface area (Å²) in [5, 5.41) is 6.29. The predicted octanol–water partition coefficient (Wildman–Crippen LogP) is 4.53. The van der Waals surface area contributed by atoms with Gasteiger partial charge in [0.05, 0.1) is 16.6 Å². The molecule has 2 amide bonds. The molecule has 1 atom stereocenters. The first-order valence-corrected chi connectivity index (χ1v) is 11.1. The van der Waals surface area contributed by atoms with Gasteiger partial charge < -0.3 is 15.6 Å². The lowest BCUT2D eigenvalue weighted by atomic mass is 9.73. The zero-order chi connectivity index (χ0) is 23.3. The number of rotatable bonds is 4.